The number of terminal acetylenes is 1. The number of carboxylic acid groups (broad SMARTS) is 1. The fraction of sp³-hybridized carbons (Fsp3) is 0.292. The third-order valence-corrected chi connectivity index (χ3v) is 4.31. The Morgan fingerprint density at radius 2 is 1.68 bits per heavy atom. The summed E-state index contributed by atoms with van der Waals surface area (Å²) in [6.45, 7) is 5.28. The summed E-state index contributed by atoms with van der Waals surface area (Å²) in [5, 5.41) is 14.9. The van der Waals surface area contributed by atoms with Crippen LogP contribution in [0.4, 0.5) is 10.5 Å². The molecule has 2 amide bonds. The van der Waals surface area contributed by atoms with Gasteiger partial charge in [0.25, 0.3) is 5.91 Å². The molecule has 0 heterocycles. The van der Waals surface area contributed by atoms with Crippen molar-refractivity contribution in [3.63, 3.8) is 0 Å². The molecule has 0 unspecified atom stereocenters. The van der Waals surface area contributed by atoms with Crippen LogP contribution < -0.4 is 10.6 Å². The van der Waals surface area contributed by atoms with Gasteiger partial charge in [0, 0.05) is 23.6 Å². The number of nitrogens with one attached hydrogen (secondary N) is 2. The van der Waals surface area contributed by atoms with Crippen molar-refractivity contribution in [2.75, 3.05) is 5.32 Å². The Kier molecular flexibility index (Phi) is 7.81. The van der Waals surface area contributed by atoms with Gasteiger partial charge in [0.05, 0.1) is 0 Å². The number of anilines is 1. The lowest BCUT2D eigenvalue weighted by atomic mass is 9.88. The summed E-state index contributed by atoms with van der Waals surface area (Å²) in [5.74, 6) is 0.126. The molecule has 31 heavy (non-hydrogen) atoms. The van der Waals surface area contributed by atoms with Crippen LogP contribution in [0.2, 0.25) is 0 Å². The van der Waals surface area contributed by atoms with Crippen LogP contribution in [0.3, 0.4) is 0 Å². The van der Waals surface area contributed by atoms with E-state index < -0.39 is 35.5 Å². The van der Waals surface area contributed by atoms with Crippen molar-refractivity contribution in [2.24, 2.45) is 0 Å². The number of rotatable bonds is 7. The number of carbonyl (C=O) groups is 3. The fourth-order valence-corrected chi connectivity index (χ4v) is 2.94. The van der Waals surface area contributed by atoms with Crippen molar-refractivity contribution in [1.29, 1.82) is 0 Å². The Morgan fingerprint density at radius 3 is 2.19 bits per heavy atom. The van der Waals surface area contributed by atoms with Gasteiger partial charge in [0.15, 0.2) is 0 Å². The van der Waals surface area contributed by atoms with Crippen molar-refractivity contribution in [1.82, 2.24) is 5.32 Å². The van der Waals surface area contributed by atoms with Gasteiger partial charge in [0.2, 0.25) is 0 Å². The molecule has 0 bridgehead atoms. The van der Waals surface area contributed by atoms with Gasteiger partial charge in [-0.05, 0) is 50.6 Å². The van der Waals surface area contributed by atoms with Crippen LogP contribution in [-0.4, -0.2) is 34.7 Å². The lowest BCUT2D eigenvalue weighted by molar-refractivity contribution is -0.139. The Balaban J connectivity index is 2.20. The molecule has 2 atom stereocenters. The van der Waals surface area contributed by atoms with E-state index >= 15 is 0 Å². The van der Waals surface area contributed by atoms with Crippen molar-refractivity contribution in [3.8, 4) is 12.3 Å². The third kappa shape index (κ3) is 7.19. The summed E-state index contributed by atoms with van der Waals surface area (Å²) < 4.78 is 5.21. The fourth-order valence-electron chi connectivity index (χ4n) is 2.94. The first-order valence-corrected chi connectivity index (χ1v) is 9.73. The lowest BCUT2D eigenvalue weighted by Crippen LogP contribution is -2.45. The molecule has 7 nitrogen and oxygen atoms in total. The van der Waals surface area contributed by atoms with E-state index in [9.17, 15) is 19.5 Å². The van der Waals surface area contributed by atoms with E-state index in [1.165, 1.54) is 0 Å². The normalized spacial score (nSPS) is 12.7. The summed E-state index contributed by atoms with van der Waals surface area (Å²) in [6.07, 6.45) is 4.98. The molecule has 0 aliphatic carbocycles. The molecule has 0 radical (unpaired) electrons. The maximum atomic E-state index is 12.5. The number of carboxylic acids is 1. The molecule has 2 rings (SSSR count). The van der Waals surface area contributed by atoms with Gasteiger partial charge in [0.1, 0.15) is 11.6 Å². The van der Waals surface area contributed by atoms with Gasteiger partial charge in [-0.3, -0.25) is 10.1 Å². The number of carbonyl (C=O) groups excluding carboxylic acids is 2. The predicted molar refractivity (Wildman–Crippen MR) is 118 cm³/mol. The van der Waals surface area contributed by atoms with E-state index in [0.717, 1.165) is 0 Å². The standard InChI is InChI=1S/C24H26N2O5/c1-5-9-19(20(22(28)29)26-21(27)17-10-7-6-8-11-17)16-12-14-18(15-13-16)25-23(30)31-24(2,3)4/h1,6-8,10-15,19-20H,9H2,2-4H3,(H,25,30)(H,26,27)(H,28,29)/t19-,20+/m0/s1. The van der Waals surface area contributed by atoms with Gasteiger partial charge in [-0.15, -0.1) is 12.3 Å². The second-order valence-electron chi connectivity index (χ2n) is 7.92. The minimum absolute atomic E-state index is 0.102. The quantitative estimate of drug-likeness (QED) is 0.585. The first kappa shape index (κ1) is 23.5. The second kappa shape index (κ2) is 10.3. The topological polar surface area (TPSA) is 105 Å². The van der Waals surface area contributed by atoms with Crippen molar-refractivity contribution in [3.05, 3.63) is 65.7 Å². The van der Waals surface area contributed by atoms with E-state index in [1.54, 1.807) is 75.4 Å². The third-order valence-electron chi connectivity index (χ3n) is 4.31. The molecule has 162 valence electrons. The maximum absolute atomic E-state index is 12.5. The van der Waals surface area contributed by atoms with Crippen LogP contribution in [0.15, 0.2) is 54.6 Å². The monoisotopic (exact) mass is 422 g/mol. The van der Waals surface area contributed by atoms with Gasteiger partial charge >= 0.3 is 12.1 Å². The highest BCUT2D eigenvalue weighted by Crippen LogP contribution is 2.26. The lowest BCUT2D eigenvalue weighted by Gasteiger charge is -2.24. The summed E-state index contributed by atoms with van der Waals surface area (Å²) in [6, 6.07) is 13.7. The maximum Gasteiger partial charge on any atom is 0.412 e. The number of aliphatic carboxylic acids is 1. The number of benzene rings is 2. The molecule has 0 fully saturated rings. The first-order chi connectivity index (χ1) is 14.6. The Hall–Kier alpha value is -3.79. The summed E-state index contributed by atoms with van der Waals surface area (Å²) >= 11 is 0. The molecule has 3 N–H and O–H groups in total. The number of ether oxygens (including phenoxy) is 1. The van der Waals surface area contributed by atoms with E-state index in [2.05, 4.69) is 16.6 Å². The average Bonchev–Trinajstić information content (AvgIpc) is 2.70. The van der Waals surface area contributed by atoms with Gasteiger partial charge in [-0.1, -0.05) is 30.3 Å². The summed E-state index contributed by atoms with van der Waals surface area (Å²) in [7, 11) is 0. The van der Waals surface area contributed by atoms with Crippen molar-refractivity contribution in [2.45, 2.75) is 44.8 Å². The first-order valence-electron chi connectivity index (χ1n) is 9.73. The largest absolute Gasteiger partial charge is 0.480 e. The summed E-state index contributed by atoms with van der Waals surface area (Å²) in [5.41, 5.74) is 0.823. The molecule has 0 saturated heterocycles. The highest BCUT2D eigenvalue weighted by atomic mass is 16.6. The smallest absolute Gasteiger partial charge is 0.412 e. The number of amides is 2. The van der Waals surface area contributed by atoms with Crippen LogP contribution in [0, 0.1) is 12.3 Å². The Morgan fingerprint density at radius 1 is 1.06 bits per heavy atom. The molecular weight excluding hydrogens is 396 g/mol. The van der Waals surface area contributed by atoms with E-state index in [-0.39, 0.29) is 6.42 Å². The zero-order valence-corrected chi connectivity index (χ0v) is 17.7. The zero-order chi connectivity index (χ0) is 23.0. The molecule has 7 heteroatoms. The molecule has 0 aromatic heterocycles. The van der Waals surface area contributed by atoms with Crippen molar-refractivity contribution < 1.29 is 24.2 Å². The van der Waals surface area contributed by atoms with Crippen molar-refractivity contribution >= 4 is 23.7 Å². The molecule has 0 aliphatic rings. The van der Waals surface area contributed by atoms with Crippen LogP contribution >= 0.6 is 0 Å². The van der Waals surface area contributed by atoms with E-state index in [1.807, 2.05) is 0 Å². The molecule has 0 spiro atoms. The zero-order valence-electron chi connectivity index (χ0n) is 17.7. The molecule has 2 aromatic rings. The minimum atomic E-state index is -1.23. The average molecular weight is 422 g/mol. The SMILES string of the molecule is C#CC[C@@H](c1ccc(NC(=O)OC(C)(C)C)cc1)[C@@H](NC(=O)c1ccccc1)C(=O)O. The molecule has 0 aliphatic heterocycles. The Bertz CT molecular complexity index is 956. The number of hydrogen-bond acceptors (Lipinski definition) is 4. The molecule has 0 saturated carbocycles. The van der Waals surface area contributed by atoms with Crippen LogP contribution in [0.25, 0.3) is 0 Å². The van der Waals surface area contributed by atoms with Crippen LogP contribution in [-0.2, 0) is 9.53 Å². The second-order valence-corrected chi connectivity index (χ2v) is 7.92. The minimum Gasteiger partial charge on any atom is -0.480 e. The van der Waals surface area contributed by atoms with Gasteiger partial charge < -0.3 is 15.2 Å². The van der Waals surface area contributed by atoms with Gasteiger partial charge in [-0.2, -0.15) is 0 Å². The molecular formula is C24H26N2O5. The van der Waals surface area contributed by atoms with E-state index in [0.29, 0.717) is 16.8 Å². The Labute approximate surface area is 181 Å². The van der Waals surface area contributed by atoms with Gasteiger partial charge in [-0.25, -0.2) is 9.59 Å². The highest BCUT2D eigenvalue weighted by molar-refractivity contribution is 5.96. The predicted octanol–water partition coefficient (Wildman–Crippen LogP) is 4.02. The number of hydrogen-bond donors (Lipinski definition) is 3. The summed E-state index contributed by atoms with van der Waals surface area (Å²) in [4.78, 5) is 36.4. The van der Waals surface area contributed by atoms with E-state index in [4.69, 9.17) is 11.2 Å². The van der Waals surface area contributed by atoms with Crippen LogP contribution in [0.1, 0.15) is 49.0 Å². The molecule has 2 aromatic carbocycles. The highest BCUT2D eigenvalue weighted by Gasteiger charge is 2.31. The van der Waals surface area contributed by atoms with Crippen LogP contribution in [0.5, 0.6) is 0 Å².